The van der Waals surface area contributed by atoms with Crippen LogP contribution in [0.3, 0.4) is 0 Å². The maximum absolute atomic E-state index is 10.5. The van der Waals surface area contributed by atoms with Crippen molar-refractivity contribution in [1.29, 1.82) is 0 Å². The first-order chi connectivity index (χ1) is 4.63. The number of aliphatic carboxylic acids is 1. The van der Waals surface area contributed by atoms with Gasteiger partial charge in [0.2, 0.25) is 0 Å². The zero-order valence-electron chi connectivity index (χ0n) is 6.50. The van der Waals surface area contributed by atoms with Gasteiger partial charge in [0.15, 0.2) is 0 Å². The van der Waals surface area contributed by atoms with E-state index in [1.807, 2.05) is 13.8 Å². The number of carbonyl (C=O) groups is 1. The number of allylic oxidation sites excluding steroid dienone is 1. The Kier molecular flexibility index (Phi) is 3.77. The van der Waals surface area contributed by atoms with Crippen LogP contribution in [-0.4, -0.2) is 11.1 Å². The molecule has 58 valence electrons. The molecule has 0 spiro atoms. The molecule has 0 aromatic carbocycles. The van der Waals surface area contributed by atoms with Crippen LogP contribution in [0.2, 0.25) is 0 Å². The van der Waals surface area contributed by atoms with Gasteiger partial charge in [-0.15, -0.1) is 6.58 Å². The molecule has 10 heavy (non-hydrogen) atoms. The molecule has 0 fully saturated rings. The lowest BCUT2D eigenvalue weighted by molar-refractivity contribution is -0.142. The number of hydrogen-bond acceptors (Lipinski definition) is 1. The zero-order chi connectivity index (χ0) is 8.15. The van der Waals surface area contributed by atoms with Crippen LogP contribution in [0.5, 0.6) is 0 Å². The molecule has 0 amide bonds. The third-order valence-corrected chi connectivity index (χ3v) is 1.76. The summed E-state index contributed by atoms with van der Waals surface area (Å²) in [5, 5.41) is 8.63. The lowest BCUT2D eigenvalue weighted by Crippen LogP contribution is -2.18. The molecular weight excluding hydrogens is 128 g/mol. The average Bonchev–Trinajstić information content (AvgIpc) is 1.88. The van der Waals surface area contributed by atoms with E-state index in [1.54, 1.807) is 6.08 Å². The van der Waals surface area contributed by atoms with E-state index in [2.05, 4.69) is 6.58 Å². The first kappa shape index (κ1) is 9.21. The summed E-state index contributed by atoms with van der Waals surface area (Å²) in [6.45, 7) is 7.29. The van der Waals surface area contributed by atoms with Gasteiger partial charge in [-0.3, -0.25) is 4.79 Å². The van der Waals surface area contributed by atoms with Gasteiger partial charge in [0.25, 0.3) is 0 Å². The molecule has 0 unspecified atom stereocenters. The quantitative estimate of drug-likeness (QED) is 0.609. The molecule has 0 aliphatic carbocycles. The van der Waals surface area contributed by atoms with E-state index in [0.717, 1.165) is 0 Å². The average molecular weight is 142 g/mol. The highest BCUT2D eigenvalue weighted by molar-refractivity contribution is 5.70. The van der Waals surface area contributed by atoms with Gasteiger partial charge >= 0.3 is 5.97 Å². The maximum atomic E-state index is 10.5. The Bertz CT molecular complexity index is 129. The van der Waals surface area contributed by atoms with Crippen molar-refractivity contribution in [2.45, 2.75) is 20.3 Å². The summed E-state index contributed by atoms with van der Waals surface area (Å²) >= 11 is 0. The van der Waals surface area contributed by atoms with E-state index in [9.17, 15) is 4.79 Å². The van der Waals surface area contributed by atoms with Gasteiger partial charge in [0.1, 0.15) is 0 Å². The molecule has 0 aromatic rings. The number of carboxylic acid groups (broad SMARTS) is 1. The van der Waals surface area contributed by atoms with Gasteiger partial charge in [-0.2, -0.15) is 0 Å². The second-order valence-corrected chi connectivity index (χ2v) is 2.45. The number of carboxylic acids is 1. The van der Waals surface area contributed by atoms with Crippen molar-refractivity contribution in [3.63, 3.8) is 0 Å². The zero-order valence-corrected chi connectivity index (χ0v) is 6.50. The Labute approximate surface area is 61.6 Å². The second kappa shape index (κ2) is 4.09. The van der Waals surface area contributed by atoms with Gasteiger partial charge in [0, 0.05) is 0 Å². The predicted octanol–water partition coefficient (Wildman–Crippen LogP) is 1.92. The summed E-state index contributed by atoms with van der Waals surface area (Å²) in [6.07, 6.45) is 2.35. The third kappa shape index (κ3) is 2.21. The summed E-state index contributed by atoms with van der Waals surface area (Å²) in [4.78, 5) is 10.5. The fraction of sp³-hybridized carbons (Fsp3) is 0.625. The Morgan fingerprint density at radius 1 is 1.80 bits per heavy atom. The van der Waals surface area contributed by atoms with Gasteiger partial charge in [-0.1, -0.05) is 19.9 Å². The van der Waals surface area contributed by atoms with Crippen molar-refractivity contribution in [3.8, 4) is 0 Å². The smallest absolute Gasteiger partial charge is 0.307 e. The molecule has 0 radical (unpaired) electrons. The highest BCUT2D eigenvalue weighted by atomic mass is 16.4. The Balaban J connectivity index is 4.05. The van der Waals surface area contributed by atoms with Crippen LogP contribution in [0.4, 0.5) is 0 Å². The molecule has 0 heterocycles. The highest BCUT2D eigenvalue weighted by Gasteiger charge is 2.19. The molecule has 2 heteroatoms. The molecule has 2 atom stereocenters. The lowest BCUT2D eigenvalue weighted by atomic mass is 9.92. The Morgan fingerprint density at radius 3 is 2.40 bits per heavy atom. The van der Waals surface area contributed by atoms with Crippen molar-refractivity contribution in [1.82, 2.24) is 0 Å². The number of rotatable bonds is 4. The standard InChI is InChI=1S/C8H14O2/c1-4-6(3)7(5-2)8(9)10/h4,6-7H,1,5H2,2-3H3,(H,9,10)/t6-,7-/m0/s1. The van der Waals surface area contributed by atoms with Crippen LogP contribution in [0.25, 0.3) is 0 Å². The van der Waals surface area contributed by atoms with Crippen LogP contribution < -0.4 is 0 Å². The fourth-order valence-corrected chi connectivity index (χ4v) is 0.936. The van der Waals surface area contributed by atoms with Crippen LogP contribution >= 0.6 is 0 Å². The molecular formula is C8H14O2. The number of hydrogen-bond donors (Lipinski definition) is 1. The van der Waals surface area contributed by atoms with E-state index >= 15 is 0 Å². The largest absolute Gasteiger partial charge is 0.481 e. The molecule has 0 aliphatic heterocycles. The summed E-state index contributed by atoms with van der Waals surface area (Å²) in [6, 6.07) is 0. The van der Waals surface area contributed by atoms with Crippen LogP contribution in [0, 0.1) is 11.8 Å². The molecule has 0 aromatic heterocycles. The fourth-order valence-electron chi connectivity index (χ4n) is 0.936. The lowest BCUT2D eigenvalue weighted by Gasteiger charge is -2.13. The van der Waals surface area contributed by atoms with Crippen LogP contribution in [0.15, 0.2) is 12.7 Å². The summed E-state index contributed by atoms with van der Waals surface area (Å²) in [7, 11) is 0. The minimum Gasteiger partial charge on any atom is -0.481 e. The Morgan fingerprint density at radius 2 is 2.30 bits per heavy atom. The normalized spacial score (nSPS) is 15.8. The van der Waals surface area contributed by atoms with Crippen molar-refractivity contribution in [3.05, 3.63) is 12.7 Å². The van der Waals surface area contributed by atoms with E-state index in [-0.39, 0.29) is 11.8 Å². The molecule has 0 aliphatic rings. The maximum Gasteiger partial charge on any atom is 0.307 e. The Hall–Kier alpha value is -0.790. The molecule has 0 saturated heterocycles. The van der Waals surface area contributed by atoms with Crippen molar-refractivity contribution in [2.24, 2.45) is 11.8 Å². The van der Waals surface area contributed by atoms with E-state index in [4.69, 9.17) is 5.11 Å². The van der Waals surface area contributed by atoms with Crippen molar-refractivity contribution >= 4 is 5.97 Å². The summed E-state index contributed by atoms with van der Waals surface area (Å²) < 4.78 is 0. The molecule has 0 bridgehead atoms. The van der Waals surface area contributed by atoms with Gasteiger partial charge in [-0.25, -0.2) is 0 Å². The molecule has 0 saturated carbocycles. The second-order valence-electron chi connectivity index (χ2n) is 2.45. The SMILES string of the molecule is C=C[C@H](C)[C@H](CC)C(=O)O. The topological polar surface area (TPSA) is 37.3 Å². The van der Waals surface area contributed by atoms with E-state index in [0.29, 0.717) is 6.42 Å². The predicted molar refractivity (Wildman–Crippen MR) is 40.8 cm³/mol. The minimum atomic E-state index is -0.727. The van der Waals surface area contributed by atoms with E-state index < -0.39 is 5.97 Å². The molecule has 0 rings (SSSR count). The third-order valence-electron chi connectivity index (χ3n) is 1.76. The van der Waals surface area contributed by atoms with Gasteiger partial charge in [-0.05, 0) is 12.3 Å². The first-order valence-electron chi connectivity index (χ1n) is 3.48. The van der Waals surface area contributed by atoms with Crippen molar-refractivity contribution in [2.75, 3.05) is 0 Å². The summed E-state index contributed by atoms with van der Waals surface area (Å²) in [5.41, 5.74) is 0. The van der Waals surface area contributed by atoms with Gasteiger partial charge < -0.3 is 5.11 Å². The summed E-state index contributed by atoms with van der Waals surface area (Å²) in [5.74, 6) is -0.921. The first-order valence-corrected chi connectivity index (χ1v) is 3.48. The van der Waals surface area contributed by atoms with Gasteiger partial charge in [0.05, 0.1) is 5.92 Å². The van der Waals surface area contributed by atoms with E-state index in [1.165, 1.54) is 0 Å². The molecule has 1 N–H and O–H groups in total. The van der Waals surface area contributed by atoms with Crippen molar-refractivity contribution < 1.29 is 9.90 Å². The monoisotopic (exact) mass is 142 g/mol. The highest BCUT2D eigenvalue weighted by Crippen LogP contribution is 2.15. The van der Waals surface area contributed by atoms with Crippen LogP contribution in [-0.2, 0) is 4.79 Å². The minimum absolute atomic E-state index is 0.0718. The van der Waals surface area contributed by atoms with Crippen LogP contribution in [0.1, 0.15) is 20.3 Å². The molecule has 2 nitrogen and oxygen atoms in total.